The van der Waals surface area contributed by atoms with Gasteiger partial charge < -0.3 is 4.18 Å². The average Bonchev–Trinajstić information content (AvgIpc) is 3.42. The Morgan fingerprint density at radius 1 is 0.812 bits per heavy atom. The number of imide groups is 1. The van der Waals surface area contributed by atoms with Crippen molar-refractivity contribution in [2.75, 3.05) is 6.54 Å². The molecule has 0 N–H and O–H groups in total. The highest BCUT2D eigenvalue weighted by atomic mass is 35.5. The van der Waals surface area contributed by atoms with Gasteiger partial charge in [-0.3, -0.25) is 19.2 Å². The molecule has 48 heavy (non-hydrogen) atoms. The third-order valence-corrected chi connectivity index (χ3v) is 14.3. The molecule has 0 unspecified atom stereocenters. The van der Waals surface area contributed by atoms with E-state index in [9.17, 15) is 27.6 Å². The van der Waals surface area contributed by atoms with Gasteiger partial charge in [-0.1, -0.05) is 87.8 Å². The van der Waals surface area contributed by atoms with E-state index in [1.54, 1.807) is 25.1 Å². The zero-order valence-corrected chi connectivity index (χ0v) is 30.2. The summed E-state index contributed by atoms with van der Waals surface area (Å²) in [6.07, 6.45) is 0. The second-order valence-corrected chi connectivity index (χ2v) is 16.4. The van der Waals surface area contributed by atoms with E-state index in [2.05, 4.69) is 0 Å². The van der Waals surface area contributed by atoms with E-state index >= 15 is 0 Å². The van der Waals surface area contributed by atoms with E-state index in [1.807, 2.05) is 0 Å². The van der Waals surface area contributed by atoms with Gasteiger partial charge in [0.2, 0.25) is 0 Å². The van der Waals surface area contributed by atoms with Crippen LogP contribution in [0, 0.1) is 18.8 Å². The minimum atomic E-state index is -4.18. The highest BCUT2D eigenvalue weighted by Gasteiger charge is 2.88. The molecule has 1 heterocycles. The molecule has 0 aromatic heterocycles. The van der Waals surface area contributed by atoms with E-state index in [-0.39, 0.29) is 36.9 Å². The van der Waals surface area contributed by atoms with Gasteiger partial charge in [-0.05, 0) is 55.5 Å². The van der Waals surface area contributed by atoms with Crippen LogP contribution < -0.4 is 4.18 Å². The summed E-state index contributed by atoms with van der Waals surface area (Å²) in [5.74, 6) is -7.12. The van der Waals surface area contributed by atoms with Crippen LogP contribution in [0.5, 0.6) is 5.75 Å². The van der Waals surface area contributed by atoms with Crippen LogP contribution in [-0.2, 0) is 19.7 Å². The van der Waals surface area contributed by atoms with E-state index in [1.165, 1.54) is 54.6 Å². The van der Waals surface area contributed by atoms with Crippen molar-refractivity contribution in [3.8, 4) is 5.75 Å². The van der Waals surface area contributed by atoms with Crippen LogP contribution in [0.1, 0.15) is 26.3 Å². The van der Waals surface area contributed by atoms with Crippen molar-refractivity contribution in [1.29, 1.82) is 0 Å². The molecular formula is C31H19Cl7N2O7S. The first-order valence-electron chi connectivity index (χ1n) is 13.8. The number of fused-ring (bicyclic) bond motifs is 5. The molecule has 3 aromatic rings. The van der Waals surface area contributed by atoms with Crippen molar-refractivity contribution in [2.24, 2.45) is 11.8 Å². The quantitative estimate of drug-likeness (QED) is 0.103. The number of amides is 3. The molecule has 3 aromatic carbocycles. The number of aryl methyl sites for hydroxylation is 1. The lowest BCUT2D eigenvalue weighted by Gasteiger charge is -2.36. The van der Waals surface area contributed by atoms with Gasteiger partial charge in [0, 0.05) is 5.56 Å². The summed E-state index contributed by atoms with van der Waals surface area (Å²) < 4.78 is 28.4. The van der Waals surface area contributed by atoms with Gasteiger partial charge in [0.1, 0.15) is 26.9 Å². The summed E-state index contributed by atoms with van der Waals surface area (Å²) >= 11 is 45.9. The summed E-state index contributed by atoms with van der Waals surface area (Å²) in [5.41, 5.74) is 0.686. The molecule has 17 heteroatoms. The van der Waals surface area contributed by atoms with Gasteiger partial charge in [-0.15, -0.1) is 23.2 Å². The maximum absolute atomic E-state index is 14.1. The lowest BCUT2D eigenvalue weighted by molar-refractivity contribution is -0.154. The molecule has 2 fully saturated rings. The number of carbonyl (C=O) groups excluding carboxylic acids is 4. The molecule has 1 saturated heterocycles. The Kier molecular flexibility index (Phi) is 8.86. The summed E-state index contributed by atoms with van der Waals surface area (Å²) in [7, 11) is -4.18. The number of hydrogen-bond donors (Lipinski definition) is 0. The van der Waals surface area contributed by atoms with Crippen molar-refractivity contribution in [1.82, 2.24) is 10.0 Å². The number of Topliss-reactive ketones (excluding diaryl/α,β-unsaturated/α-hetero) is 1. The summed E-state index contributed by atoms with van der Waals surface area (Å²) in [6, 6.07) is 16.8. The predicted octanol–water partition coefficient (Wildman–Crippen LogP) is 7.10. The Morgan fingerprint density at radius 3 is 1.85 bits per heavy atom. The monoisotopic (exact) mass is 808 g/mol. The van der Waals surface area contributed by atoms with Crippen LogP contribution in [-0.4, -0.2) is 62.6 Å². The smallest absolute Gasteiger partial charge is 0.339 e. The van der Waals surface area contributed by atoms with Crippen LogP contribution >= 0.6 is 81.2 Å². The second-order valence-electron chi connectivity index (χ2n) is 11.2. The van der Waals surface area contributed by atoms with Crippen LogP contribution in [0.25, 0.3) is 0 Å². The minimum absolute atomic E-state index is 0.0256. The third kappa shape index (κ3) is 4.98. The lowest BCUT2D eigenvalue weighted by Crippen LogP contribution is -2.56. The van der Waals surface area contributed by atoms with Crippen molar-refractivity contribution >= 4 is 115 Å². The molecule has 0 radical (unpaired) electrons. The fourth-order valence-corrected chi connectivity index (χ4v) is 10.1. The number of hydrazine groups is 1. The zero-order valence-electron chi connectivity index (χ0n) is 24.1. The van der Waals surface area contributed by atoms with Crippen LogP contribution in [0.3, 0.4) is 0 Å². The largest absolute Gasteiger partial charge is 0.379 e. The molecule has 1 aliphatic heterocycles. The highest BCUT2D eigenvalue weighted by Crippen LogP contribution is 2.77. The molecule has 9 nitrogen and oxygen atoms in total. The van der Waals surface area contributed by atoms with Crippen LogP contribution in [0.15, 0.2) is 87.8 Å². The summed E-state index contributed by atoms with van der Waals surface area (Å²) in [6.45, 7) is 0.936. The van der Waals surface area contributed by atoms with E-state index < -0.39 is 66.1 Å². The number of allylic oxidation sites excluding steroid dienone is 2. The summed E-state index contributed by atoms with van der Waals surface area (Å²) in [4.78, 5) is 51.4. The SMILES string of the molecule is Cc1ccc(S(=O)(=O)Oc2ccc(C(=O)CN(C(=O)c3ccccc3Cl)N3C(=O)[C@@H]4[C@@H](C3=O)[C@@]3(Cl)C(Cl)=C(Cl)[C@@]4(Cl)C3(Cl)Cl)cc2)cc1. The van der Waals surface area contributed by atoms with E-state index in [0.717, 1.165) is 5.56 Å². The van der Waals surface area contributed by atoms with Crippen molar-refractivity contribution in [3.05, 3.63) is 105 Å². The van der Waals surface area contributed by atoms with Crippen molar-refractivity contribution < 1.29 is 31.8 Å². The van der Waals surface area contributed by atoms with Gasteiger partial charge in [0.05, 0.1) is 32.5 Å². The highest BCUT2D eigenvalue weighted by molar-refractivity contribution is 7.87. The zero-order chi connectivity index (χ0) is 35.1. The molecule has 3 aliphatic rings. The Hall–Kier alpha value is -2.54. The normalized spacial score (nSPS) is 25.8. The number of benzene rings is 3. The molecule has 4 atom stereocenters. The Balaban J connectivity index is 1.32. The Bertz CT molecular complexity index is 2010. The Morgan fingerprint density at radius 2 is 1.33 bits per heavy atom. The molecular weight excluding hydrogens is 793 g/mol. The maximum Gasteiger partial charge on any atom is 0.339 e. The molecule has 0 spiro atoms. The number of halogens is 7. The van der Waals surface area contributed by atoms with Gasteiger partial charge in [0.15, 0.2) is 10.1 Å². The number of ketones is 1. The molecule has 2 bridgehead atoms. The fraction of sp³-hybridized carbons (Fsp3) is 0.226. The molecule has 3 amide bonds. The third-order valence-electron chi connectivity index (χ3n) is 8.45. The first kappa shape index (κ1) is 35.3. The first-order chi connectivity index (χ1) is 22.4. The van der Waals surface area contributed by atoms with Gasteiger partial charge >= 0.3 is 10.1 Å². The molecule has 6 rings (SSSR count). The molecule has 2 aliphatic carbocycles. The maximum atomic E-state index is 14.1. The lowest BCUT2D eigenvalue weighted by atomic mass is 9.84. The molecule has 1 saturated carbocycles. The van der Waals surface area contributed by atoms with Gasteiger partial charge in [-0.2, -0.15) is 13.4 Å². The number of hydrogen-bond acceptors (Lipinski definition) is 7. The summed E-state index contributed by atoms with van der Waals surface area (Å²) in [5, 5.41) is 0.377. The fourth-order valence-electron chi connectivity index (χ4n) is 6.03. The minimum Gasteiger partial charge on any atom is -0.379 e. The molecule has 250 valence electrons. The number of carbonyl (C=O) groups is 4. The number of alkyl halides is 4. The number of rotatable bonds is 8. The van der Waals surface area contributed by atoms with E-state index in [0.29, 0.717) is 10.0 Å². The van der Waals surface area contributed by atoms with Gasteiger partial charge in [0.25, 0.3) is 17.7 Å². The van der Waals surface area contributed by atoms with Crippen LogP contribution in [0.2, 0.25) is 5.02 Å². The van der Waals surface area contributed by atoms with E-state index in [4.69, 9.17) is 85.4 Å². The van der Waals surface area contributed by atoms with Crippen molar-refractivity contribution in [2.45, 2.75) is 25.9 Å². The van der Waals surface area contributed by atoms with Crippen molar-refractivity contribution in [3.63, 3.8) is 0 Å². The van der Waals surface area contributed by atoms with Gasteiger partial charge in [-0.25, -0.2) is 5.01 Å². The predicted molar refractivity (Wildman–Crippen MR) is 181 cm³/mol. The second kappa shape index (κ2) is 12.1. The standard InChI is InChI=1S/C31H19Cl7N2O7S/c1-15-6-12-18(13-7-15)48(45,46)47-17-10-8-16(9-11-17)21(41)14-39(26(42)19-4-2-3-5-20(19)32)40-27(43)22-23(28(40)44)30(36)25(34)24(33)29(22,35)31(30,37)38/h2-13,22-23H,14H2,1H3/t22-,23-,29+,30+/m0/s1. The first-order valence-corrected chi connectivity index (χ1v) is 17.9. The average molecular weight is 812 g/mol. The Labute approximate surface area is 309 Å². The van der Waals surface area contributed by atoms with Crippen LogP contribution in [0.4, 0.5) is 0 Å². The topological polar surface area (TPSA) is 118 Å². The number of nitrogens with zero attached hydrogens (tertiary/aromatic N) is 2.